The minimum absolute atomic E-state index is 0.0000926. The normalized spacial score (nSPS) is 16.1. The van der Waals surface area contributed by atoms with Crippen LogP contribution in [0.2, 0.25) is 0 Å². The van der Waals surface area contributed by atoms with Gasteiger partial charge in [0.1, 0.15) is 11.3 Å². The van der Waals surface area contributed by atoms with Crippen LogP contribution in [-0.2, 0) is 24.4 Å². The second-order valence-electron chi connectivity index (χ2n) is 15.0. The van der Waals surface area contributed by atoms with E-state index in [0.717, 1.165) is 23.5 Å². The summed E-state index contributed by atoms with van der Waals surface area (Å²) >= 11 is 19.6. The van der Waals surface area contributed by atoms with E-state index >= 15 is 0 Å². The highest BCUT2D eigenvalue weighted by Crippen LogP contribution is 2.61. The summed E-state index contributed by atoms with van der Waals surface area (Å²) in [5.41, 5.74) is 7.79. The van der Waals surface area contributed by atoms with Crippen LogP contribution in [0.1, 0.15) is 114 Å². The number of aromatic nitrogens is 2. The highest BCUT2D eigenvalue weighted by molar-refractivity contribution is 8.24. The summed E-state index contributed by atoms with van der Waals surface area (Å²) in [6.07, 6.45) is 5.32. The van der Waals surface area contributed by atoms with Gasteiger partial charge in [-0.1, -0.05) is 94.7 Å². The highest BCUT2D eigenvalue weighted by Gasteiger charge is 2.23. The number of carboxylic acid groups (broad SMARTS) is 1. The van der Waals surface area contributed by atoms with E-state index in [2.05, 4.69) is 107 Å². The summed E-state index contributed by atoms with van der Waals surface area (Å²) < 4.78 is 9.51. The molecule has 1 aromatic heterocycles. The molecule has 0 aromatic carbocycles. The highest BCUT2D eigenvalue weighted by atomic mass is 36.0. The first-order chi connectivity index (χ1) is 21.8. The summed E-state index contributed by atoms with van der Waals surface area (Å²) in [4.78, 5) is 42.5. The number of rotatable bonds is 3. The maximum Gasteiger partial charge on any atom is 0.339 e. The van der Waals surface area contributed by atoms with Crippen LogP contribution >= 0.6 is 50.5 Å². The molecule has 1 aromatic rings. The molecule has 0 saturated heterocycles. The minimum atomic E-state index is -3.22. The van der Waals surface area contributed by atoms with Crippen molar-refractivity contribution < 1.29 is 24.1 Å². The molecule has 3 rings (SSSR count). The first kappa shape index (κ1) is 48.9. The van der Waals surface area contributed by atoms with Crippen molar-refractivity contribution in [3.05, 3.63) is 40.3 Å². The monoisotopic (exact) mass is 788 g/mol. The van der Waals surface area contributed by atoms with E-state index in [0.29, 0.717) is 6.42 Å². The molecule has 0 saturated carbocycles. The van der Waals surface area contributed by atoms with Crippen molar-refractivity contribution in [2.75, 3.05) is 0 Å². The van der Waals surface area contributed by atoms with Gasteiger partial charge in [0.2, 0.25) is 5.91 Å². The number of carbonyl (C=O) groups excluding carboxylic acids is 2. The van der Waals surface area contributed by atoms with Crippen molar-refractivity contribution >= 4 is 79.6 Å². The number of halogens is 4. The number of Topliss-reactive ketones (excluding diaryl/α,β-unsaturated/α-hetero) is 1. The Hall–Kier alpha value is -2.24. The van der Waals surface area contributed by atoms with Crippen molar-refractivity contribution in [1.82, 2.24) is 21.0 Å². The Morgan fingerprint density at radius 3 is 1.69 bits per heavy atom. The van der Waals surface area contributed by atoms with E-state index in [4.69, 9.17) is 16.7 Å². The largest absolute Gasteiger partial charge is 0.481 e. The van der Waals surface area contributed by atoms with Crippen LogP contribution in [0.4, 0.5) is 0 Å². The van der Waals surface area contributed by atoms with Gasteiger partial charge >= 0.3 is 11.2 Å². The van der Waals surface area contributed by atoms with Crippen molar-refractivity contribution in [3.8, 4) is 0 Å². The van der Waals surface area contributed by atoms with Crippen LogP contribution in [0.3, 0.4) is 0 Å². The number of ketones is 1. The molecule has 2 aliphatic heterocycles. The number of aromatic amines is 1. The van der Waals surface area contributed by atoms with Crippen LogP contribution in [-0.4, -0.2) is 49.9 Å². The predicted octanol–water partition coefficient (Wildman–Crippen LogP) is 8.76. The second kappa shape index (κ2) is 21.2. The molecular weight excluding hydrogens is 737 g/mol. The zero-order valence-corrected chi connectivity index (χ0v) is 34.4. The predicted molar refractivity (Wildman–Crippen MR) is 203 cm³/mol. The molecule has 4 N–H and O–H groups in total. The molecule has 1 amide bonds. The van der Waals surface area contributed by atoms with Gasteiger partial charge in [0.05, 0.1) is 17.8 Å². The Kier molecular flexibility index (Phi) is 21.1. The molecule has 49 heavy (non-hydrogen) atoms. The molecule has 12 nitrogen and oxygen atoms in total. The molecule has 0 bridgehead atoms. The number of carbonyl (C=O) groups is 3. The third-order valence-electron chi connectivity index (χ3n) is 6.12. The van der Waals surface area contributed by atoms with Crippen LogP contribution in [0.25, 0.3) is 0 Å². The van der Waals surface area contributed by atoms with Crippen LogP contribution in [0.5, 0.6) is 0 Å². The fourth-order valence-corrected chi connectivity index (χ4v) is 3.30. The number of hydrazone groups is 2. The average molecular weight is 791 g/mol. The van der Waals surface area contributed by atoms with Gasteiger partial charge in [-0.15, -0.1) is 0 Å². The maximum atomic E-state index is 11.1. The van der Waals surface area contributed by atoms with E-state index in [1.165, 1.54) is 6.07 Å². The fraction of sp³-hybridized carbons (Fsp3) is 0.656. The Labute approximate surface area is 310 Å². The number of nitrogens with one attached hydrogen (secondary N) is 3. The molecule has 2 aliphatic rings. The topological polar surface area (TPSA) is 183 Å². The molecule has 0 radical (unpaired) electrons. The molecule has 0 aliphatic carbocycles. The Morgan fingerprint density at radius 1 is 0.857 bits per heavy atom. The van der Waals surface area contributed by atoms with Gasteiger partial charge < -0.3 is 5.11 Å². The molecular formula is C32H53Cl4N6O6P. The van der Waals surface area contributed by atoms with Gasteiger partial charge in [-0.25, -0.2) is 10.5 Å². The lowest BCUT2D eigenvalue weighted by Gasteiger charge is -2.23. The first-order valence-corrected chi connectivity index (χ1v) is 20.2. The second-order valence-corrected chi connectivity index (χ2v) is 22.1. The van der Waals surface area contributed by atoms with E-state index in [1.54, 1.807) is 26.8 Å². The number of amides is 1. The van der Waals surface area contributed by atoms with Crippen LogP contribution in [0.15, 0.2) is 39.3 Å². The lowest BCUT2D eigenvalue weighted by atomic mass is 9.87. The van der Waals surface area contributed by atoms with E-state index < -0.39 is 16.6 Å². The van der Waals surface area contributed by atoms with Crippen molar-refractivity contribution in [2.24, 2.45) is 26.4 Å². The zero-order valence-electron chi connectivity index (χ0n) is 30.5. The van der Waals surface area contributed by atoms with E-state index in [9.17, 15) is 23.7 Å². The molecule has 1 atom stereocenters. The summed E-state index contributed by atoms with van der Waals surface area (Å²) in [6.45, 7) is 24.2. The minimum Gasteiger partial charge on any atom is -0.481 e. The Bertz CT molecular complexity index is 1400. The number of hydrogen-bond donors (Lipinski definition) is 4. The van der Waals surface area contributed by atoms with Crippen molar-refractivity contribution in [3.63, 3.8) is 0 Å². The molecule has 3 heterocycles. The van der Waals surface area contributed by atoms with E-state index in [-0.39, 0.29) is 51.8 Å². The van der Waals surface area contributed by atoms with Crippen molar-refractivity contribution in [2.45, 2.75) is 120 Å². The zero-order chi connectivity index (χ0) is 39.0. The SMILES string of the molecule is CC(C)(C)C(=O)CCC(=O)O.CC(C)(C)C1=NNC(=O)CC1.CC(C)(C)C1=NNC(Cl)C=C1.CC(C)(C)c1ccc(=O)[nH]n1.O=P(Cl)(Cl)Cl. The lowest BCUT2D eigenvalue weighted by Crippen LogP contribution is -2.32. The molecule has 17 heteroatoms. The standard InChI is InChI=1S/C8H13ClN2.C8H14N2O.C8H12N2O.C8H14O3.Cl3OP/c1-8(2,3)6-4-5-7(9)11-10-6;2*1-8(2,3)6-4-5-7(11)10-9-6;1-8(2,3)6(9)4-5-7(10)11;1-5(2,3)4/h4-5,7,11H,1-3H3;4-5H2,1-3H3,(H,10,11);4-5H,1-3H3,(H,10,11);4-5H2,1-3H3,(H,10,11);. The number of hydrogen-bond acceptors (Lipinski definition) is 9. The first-order valence-electron chi connectivity index (χ1n) is 15.4. The van der Waals surface area contributed by atoms with E-state index in [1.807, 2.05) is 32.9 Å². The third kappa shape index (κ3) is 27.2. The van der Waals surface area contributed by atoms with Gasteiger partial charge in [-0.3, -0.25) is 29.2 Å². The molecule has 0 fully saturated rings. The van der Waals surface area contributed by atoms with Crippen LogP contribution < -0.4 is 16.4 Å². The number of H-pyrrole nitrogens is 1. The smallest absolute Gasteiger partial charge is 0.339 e. The Balaban J connectivity index is 0. The summed E-state index contributed by atoms with van der Waals surface area (Å²) in [5.74, 6) is -0.888. The number of nitrogens with zero attached hydrogens (tertiary/aromatic N) is 3. The summed E-state index contributed by atoms with van der Waals surface area (Å²) in [6, 6.07) is 3.24. The van der Waals surface area contributed by atoms with Gasteiger partial charge in [0.15, 0.2) is 0 Å². The molecule has 280 valence electrons. The number of allylic oxidation sites excluding steroid dienone is 1. The maximum absolute atomic E-state index is 11.1. The summed E-state index contributed by atoms with van der Waals surface area (Å²) in [5, 5.41) is 19.5. The Morgan fingerprint density at radius 2 is 1.39 bits per heavy atom. The third-order valence-corrected chi connectivity index (χ3v) is 6.36. The number of carboxylic acids is 1. The quantitative estimate of drug-likeness (QED) is 0.133. The summed E-state index contributed by atoms with van der Waals surface area (Å²) in [7, 11) is 0. The van der Waals surface area contributed by atoms with Crippen LogP contribution in [0, 0.1) is 16.2 Å². The number of alkyl halides is 1. The molecule has 1 unspecified atom stereocenters. The van der Waals surface area contributed by atoms with Gasteiger partial charge in [0.25, 0.3) is 5.56 Å². The lowest BCUT2D eigenvalue weighted by molar-refractivity contribution is -0.139. The average Bonchev–Trinajstić information content (AvgIpc) is 2.90. The van der Waals surface area contributed by atoms with Gasteiger partial charge in [0, 0.05) is 46.3 Å². The van der Waals surface area contributed by atoms with Gasteiger partial charge in [-0.2, -0.15) is 15.3 Å². The number of aliphatic carboxylic acids is 1. The van der Waals surface area contributed by atoms with Crippen molar-refractivity contribution in [1.29, 1.82) is 0 Å². The molecule has 0 spiro atoms. The fourth-order valence-electron chi connectivity index (χ4n) is 3.18. The van der Waals surface area contributed by atoms with Gasteiger partial charge in [-0.05, 0) is 58.4 Å².